The summed E-state index contributed by atoms with van der Waals surface area (Å²) in [4.78, 5) is 3.88. The number of rotatable bonds is 9. The van der Waals surface area contributed by atoms with Gasteiger partial charge in [0.05, 0.1) is 31.4 Å². The second-order valence-corrected chi connectivity index (χ2v) is 9.27. The van der Waals surface area contributed by atoms with Crippen molar-refractivity contribution in [2.24, 2.45) is 11.8 Å². The standard InChI is InChI=1S/C28H27F3N4O3/c1-19(28(36,16-35-18-33-17-34-35)24-9-8-23(29)12-26(24)31)10-21-14-37-27(38-15-21)5-3-2-4-22-7-6-20(13-32)11-25(22)30/h2-9,11-12,17-19,21,27,36H,10,14-16H2,1H3/b4-2+,5-3+/t19-,21?,27?,28+/m0/s1. The fourth-order valence-corrected chi connectivity index (χ4v) is 4.45. The number of nitriles is 1. The highest BCUT2D eigenvalue weighted by Gasteiger charge is 2.40. The number of hydrogen-bond donors (Lipinski definition) is 1. The molecule has 0 amide bonds. The lowest BCUT2D eigenvalue weighted by Crippen LogP contribution is -2.42. The summed E-state index contributed by atoms with van der Waals surface area (Å²) in [6.45, 7) is 2.42. The summed E-state index contributed by atoms with van der Waals surface area (Å²) in [7, 11) is 0. The van der Waals surface area contributed by atoms with Gasteiger partial charge in [-0.05, 0) is 36.6 Å². The maximum absolute atomic E-state index is 14.7. The van der Waals surface area contributed by atoms with E-state index in [4.69, 9.17) is 14.7 Å². The van der Waals surface area contributed by atoms with Crippen LogP contribution in [0.3, 0.4) is 0 Å². The lowest BCUT2D eigenvalue weighted by atomic mass is 9.77. The first-order valence-electron chi connectivity index (χ1n) is 12.1. The van der Waals surface area contributed by atoms with E-state index in [0.29, 0.717) is 25.2 Å². The Bertz CT molecular complexity index is 1330. The Labute approximate surface area is 218 Å². The molecule has 38 heavy (non-hydrogen) atoms. The fourth-order valence-electron chi connectivity index (χ4n) is 4.45. The summed E-state index contributed by atoms with van der Waals surface area (Å²) in [6.07, 6.45) is 9.17. The summed E-state index contributed by atoms with van der Waals surface area (Å²) in [5.41, 5.74) is -1.11. The van der Waals surface area contributed by atoms with Crippen LogP contribution in [0.2, 0.25) is 0 Å². The Morgan fingerprint density at radius 1 is 1.16 bits per heavy atom. The molecule has 1 fully saturated rings. The van der Waals surface area contributed by atoms with Gasteiger partial charge in [-0.2, -0.15) is 10.4 Å². The van der Waals surface area contributed by atoms with Crippen molar-refractivity contribution in [3.05, 3.63) is 101 Å². The molecule has 1 aliphatic heterocycles. The van der Waals surface area contributed by atoms with Gasteiger partial charge >= 0.3 is 0 Å². The highest BCUT2D eigenvalue weighted by atomic mass is 19.1. The summed E-state index contributed by atoms with van der Waals surface area (Å²) >= 11 is 0. The van der Waals surface area contributed by atoms with Crippen LogP contribution in [0.5, 0.6) is 0 Å². The van der Waals surface area contributed by atoms with Crippen LogP contribution in [-0.2, 0) is 21.6 Å². The van der Waals surface area contributed by atoms with E-state index in [0.717, 1.165) is 12.1 Å². The number of aliphatic hydroxyl groups is 1. The van der Waals surface area contributed by atoms with Crippen molar-refractivity contribution >= 4 is 6.08 Å². The highest BCUT2D eigenvalue weighted by molar-refractivity contribution is 5.53. The van der Waals surface area contributed by atoms with E-state index < -0.39 is 35.3 Å². The fraction of sp³-hybridized carbons (Fsp3) is 0.321. The van der Waals surface area contributed by atoms with Crippen molar-refractivity contribution < 1.29 is 27.8 Å². The maximum Gasteiger partial charge on any atom is 0.177 e. The molecule has 0 spiro atoms. The molecule has 3 aromatic rings. The number of ether oxygens (including phenoxy) is 2. The van der Waals surface area contributed by atoms with Crippen LogP contribution < -0.4 is 0 Å². The summed E-state index contributed by atoms with van der Waals surface area (Å²) in [5, 5.41) is 24.5. The van der Waals surface area contributed by atoms with E-state index in [1.54, 1.807) is 37.3 Å². The number of hydrogen-bond acceptors (Lipinski definition) is 6. The van der Waals surface area contributed by atoms with Crippen LogP contribution in [0.1, 0.15) is 30.0 Å². The topological polar surface area (TPSA) is 93.2 Å². The van der Waals surface area contributed by atoms with Gasteiger partial charge in [-0.3, -0.25) is 0 Å². The number of aromatic nitrogens is 3. The molecule has 10 heteroatoms. The Kier molecular flexibility index (Phi) is 8.73. The average molecular weight is 525 g/mol. The number of halogens is 3. The molecule has 2 aromatic carbocycles. The normalized spacial score (nSPS) is 20.4. The molecule has 0 unspecified atom stereocenters. The predicted molar refractivity (Wildman–Crippen MR) is 133 cm³/mol. The van der Waals surface area contributed by atoms with E-state index in [1.807, 2.05) is 6.07 Å². The molecule has 0 bridgehead atoms. The summed E-state index contributed by atoms with van der Waals surface area (Å²) < 4.78 is 55.2. The molecular weight excluding hydrogens is 497 g/mol. The van der Waals surface area contributed by atoms with Crippen LogP contribution in [0, 0.1) is 40.6 Å². The zero-order chi connectivity index (χ0) is 27.1. The van der Waals surface area contributed by atoms with Crippen molar-refractivity contribution in [3.8, 4) is 6.07 Å². The molecule has 1 N–H and O–H groups in total. The predicted octanol–water partition coefficient (Wildman–Crippen LogP) is 4.74. The van der Waals surface area contributed by atoms with E-state index in [1.165, 1.54) is 35.5 Å². The van der Waals surface area contributed by atoms with Crippen molar-refractivity contribution in [1.29, 1.82) is 5.26 Å². The number of nitrogens with zero attached hydrogens (tertiary/aromatic N) is 4. The van der Waals surface area contributed by atoms with E-state index >= 15 is 0 Å². The average Bonchev–Trinajstić information content (AvgIpc) is 3.40. The van der Waals surface area contributed by atoms with Gasteiger partial charge in [-0.1, -0.05) is 37.3 Å². The van der Waals surface area contributed by atoms with E-state index in [2.05, 4.69) is 10.1 Å². The first-order chi connectivity index (χ1) is 18.3. The molecule has 0 aliphatic carbocycles. The Morgan fingerprint density at radius 3 is 2.61 bits per heavy atom. The molecule has 2 atom stereocenters. The Hall–Kier alpha value is -3.78. The maximum atomic E-state index is 14.7. The van der Waals surface area contributed by atoms with Crippen LogP contribution in [0.25, 0.3) is 6.08 Å². The second kappa shape index (κ2) is 12.2. The molecule has 198 valence electrons. The SMILES string of the molecule is C[C@@H](CC1COC(/C=C/C=C/c2ccc(C#N)cc2F)OC1)[C@](O)(Cn1cncn1)c1ccc(F)cc1F. The number of benzene rings is 2. The Balaban J connectivity index is 1.36. The van der Waals surface area contributed by atoms with Gasteiger partial charge in [-0.15, -0.1) is 0 Å². The zero-order valence-electron chi connectivity index (χ0n) is 20.7. The van der Waals surface area contributed by atoms with Crippen LogP contribution in [0.4, 0.5) is 13.2 Å². The lowest BCUT2D eigenvalue weighted by Gasteiger charge is -2.38. The molecule has 1 aromatic heterocycles. The third kappa shape index (κ3) is 6.55. The van der Waals surface area contributed by atoms with Crippen LogP contribution >= 0.6 is 0 Å². The van der Waals surface area contributed by atoms with Gasteiger partial charge in [0.25, 0.3) is 0 Å². The molecule has 2 heterocycles. The molecule has 0 saturated carbocycles. The summed E-state index contributed by atoms with van der Waals surface area (Å²) in [5.74, 6) is -2.60. The lowest BCUT2D eigenvalue weighted by molar-refractivity contribution is -0.181. The molecule has 0 radical (unpaired) electrons. The molecule has 4 rings (SSSR count). The second-order valence-electron chi connectivity index (χ2n) is 9.27. The molecule has 1 aliphatic rings. The minimum absolute atomic E-state index is 0.0224. The van der Waals surface area contributed by atoms with Gasteiger partial charge in [0, 0.05) is 23.1 Å². The minimum Gasteiger partial charge on any atom is -0.383 e. The smallest absolute Gasteiger partial charge is 0.177 e. The zero-order valence-corrected chi connectivity index (χ0v) is 20.7. The van der Waals surface area contributed by atoms with Gasteiger partial charge in [-0.25, -0.2) is 22.8 Å². The van der Waals surface area contributed by atoms with Gasteiger partial charge < -0.3 is 14.6 Å². The van der Waals surface area contributed by atoms with Gasteiger partial charge in [0.15, 0.2) is 6.29 Å². The van der Waals surface area contributed by atoms with Crippen LogP contribution in [0.15, 0.2) is 67.3 Å². The molecular formula is C28H27F3N4O3. The molecule has 7 nitrogen and oxygen atoms in total. The van der Waals surface area contributed by atoms with Crippen molar-refractivity contribution in [2.75, 3.05) is 13.2 Å². The summed E-state index contributed by atoms with van der Waals surface area (Å²) in [6, 6.07) is 9.26. The Morgan fingerprint density at radius 2 is 1.95 bits per heavy atom. The van der Waals surface area contributed by atoms with Crippen LogP contribution in [-0.4, -0.2) is 39.4 Å². The minimum atomic E-state index is -1.69. The van der Waals surface area contributed by atoms with Gasteiger partial charge in [0.2, 0.25) is 0 Å². The quantitative estimate of drug-likeness (QED) is 0.407. The monoisotopic (exact) mass is 524 g/mol. The number of allylic oxidation sites excluding steroid dienone is 2. The van der Waals surface area contributed by atoms with E-state index in [-0.39, 0.29) is 23.6 Å². The third-order valence-electron chi connectivity index (χ3n) is 6.55. The van der Waals surface area contributed by atoms with Crippen molar-refractivity contribution in [1.82, 2.24) is 14.8 Å². The highest BCUT2D eigenvalue weighted by Crippen LogP contribution is 2.37. The van der Waals surface area contributed by atoms with Crippen molar-refractivity contribution in [3.63, 3.8) is 0 Å². The van der Waals surface area contributed by atoms with E-state index in [9.17, 15) is 18.3 Å². The third-order valence-corrected chi connectivity index (χ3v) is 6.55. The first-order valence-corrected chi connectivity index (χ1v) is 12.1. The first kappa shape index (κ1) is 27.3. The largest absolute Gasteiger partial charge is 0.383 e. The molecule has 1 saturated heterocycles. The van der Waals surface area contributed by atoms with Gasteiger partial charge in [0.1, 0.15) is 35.7 Å². The van der Waals surface area contributed by atoms with Crippen molar-refractivity contribution in [2.45, 2.75) is 31.8 Å².